The summed E-state index contributed by atoms with van der Waals surface area (Å²) < 4.78 is 26.7. The quantitative estimate of drug-likeness (QED) is 0.815. The Balaban J connectivity index is 2.43. The van der Waals surface area contributed by atoms with Gasteiger partial charge in [-0.05, 0) is 31.0 Å². The largest absolute Gasteiger partial charge is 0.479 e. The number of aliphatic carboxylic acids is 1. The van der Waals surface area contributed by atoms with E-state index >= 15 is 0 Å². The molecule has 0 aromatic heterocycles. The highest BCUT2D eigenvalue weighted by Gasteiger charge is 2.38. The molecule has 1 aromatic rings. The first-order valence-electron chi connectivity index (χ1n) is 5.45. The highest BCUT2D eigenvalue weighted by atomic mass is 19.1. The van der Waals surface area contributed by atoms with E-state index in [0.717, 1.165) is 23.1 Å². The van der Waals surface area contributed by atoms with Gasteiger partial charge in [-0.2, -0.15) is 0 Å². The number of carbonyl (C=O) groups excluding carboxylic acids is 1. The first kappa shape index (κ1) is 12.5. The lowest BCUT2D eigenvalue weighted by Crippen LogP contribution is -2.35. The van der Waals surface area contributed by atoms with Crippen molar-refractivity contribution in [3.05, 3.63) is 35.4 Å². The number of carboxylic acids is 1. The van der Waals surface area contributed by atoms with Crippen molar-refractivity contribution in [3.8, 4) is 0 Å². The van der Waals surface area contributed by atoms with E-state index in [2.05, 4.69) is 0 Å². The van der Waals surface area contributed by atoms with Crippen molar-refractivity contribution in [1.82, 2.24) is 4.90 Å². The fraction of sp³-hybridized carbons (Fsp3) is 0.333. The maximum atomic E-state index is 13.6. The van der Waals surface area contributed by atoms with Crippen LogP contribution in [0.2, 0.25) is 0 Å². The molecule has 96 valence electrons. The van der Waals surface area contributed by atoms with E-state index in [9.17, 15) is 18.4 Å². The van der Waals surface area contributed by atoms with E-state index in [1.54, 1.807) is 0 Å². The third kappa shape index (κ3) is 2.32. The zero-order valence-electron chi connectivity index (χ0n) is 9.35. The summed E-state index contributed by atoms with van der Waals surface area (Å²) in [6.07, 6.45) is 1.74. The van der Waals surface area contributed by atoms with Crippen molar-refractivity contribution >= 4 is 12.4 Å². The van der Waals surface area contributed by atoms with Crippen molar-refractivity contribution < 1.29 is 23.5 Å². The number of hydrogen-bond donors (Lipinski definition) is 1. The molecule has 2 rings (SSSR count). The molecule has 0 aliphatic heterocycles. The fourth-order valence-corrected chi connectivity index (χ4v) is 1.88. The lowest BCUT2D eigenvalue weighted by molar-refractivity contribution is -0.147. The molecule has 1 N–H and O–H groups in total. The maximum absolute atomic E-state index is 13.6. The average molecular weight is 255 g/mol. The normalized spacial score (nSPS) is 16.1. The maximum Gasteiger partial charge on any atom is 0.331 e. The molecule has 0 spiro atoms. The molecule has 1 aliphatic rings. The summed E-state index contributed by atoms with van der Waals surface area (Å²) in [5, 5.41) is 9.13. The number of halogens is 2. The van der Waals surface area contributed by atoms with Gasteiger partial charge in [0.1, 0.15) is 11.6 Å². The Morgan fingerprint density at radius 1 is 1.44 bits per heavy atom. The van der Waals surface area contributed by atoms with E-state index < -0.39 is 23.6 Å². The smallest absolute Gasteiger partial charge is 0.331 e. The van der Waals surface area contributed by atoms with Crippen LogP contribution in [0.3, 0.4) is 0 Å². The van der Waals surface area contributed by atoms with Crippen molar-refractivity contribution in [1.29, 1.82) is 0 Å². The van der Waals surface area contributed by atoms with Crippen LogP contribution in [0.1, 0.15) is 24.4 Å². The van der Waals surface area contributed by atoms with E-state index in [-0.39, 0.29) is 11.6 Å². The molecule has 1 aromatic carbocycles. The number of amides is 1. The average Bonchev–Trinajstić information content (AvgIpc) is 3.13. The molecule has 0 saturated heterocycles. The Hall–Kier alpha value is -1.98. The molecule has 18 heavy (non-hydrogen) atoms. The highest BCUT2D eigenvalue weighted by molar-refractivity contribution is 5.78. The van der Waals surface area contributed by atoms with Crippen molar-refractivity contribution in [2.75, 3.05) is 0 Å². The first-order chi connectivity index (χ1) is 8.54. The predicted octanol–water partition coefficient (Wildman–Crippen LogP) is 1.71. The van der Waals surface area contributed by atoms with Gasteiger partial charge < -0.3 is 10.0 Å². The molecule has 0 bridgehead atoms. The highest BCUT2D eigenvalue weighted by Crippen LogP contribution is 2.34. The summed E-state index contributed by atoms with van der Waals surface area (Å²) in [5.74, 6) is -2.95. The second-order valence-electron chi connectivity index (χ2n) is 4.19. The molecule has 1 amide bonds. The monoisotopic (exact) mass is 255 g/mol. The molecule has 1 fully saturated rings. The zero-order chi connectivity index (χ0) is 13.3. The van der Waals surface area contributed by atoms with Crippen molar-refractivity contribution in [3.63, 3.8) is 0 Å². The predicted molar refractivity (Wildman–Crippen MR) is 57.7 cm³/mol. The summed E-state index contributed by atoms with van der Waals surface area (Å²) in [5.41, 5.74) is -0.332. The van der Waals surface area contributed by atoms with Gasteiger partial charge in [-0.1, -0.05) is 0 Å². The van der Waals surface area contributed by atoms with Crippen LogP contribution in [-0.4, -0.2) is 28.4 Å². The van der Waals surface area contributed by atoms with Gasteiger partial charge in [-0.25, -0.2) is 13.6 Å². The Bertz CT molecular complexity index is 488. The molecule has 1 saturated carbocycles. The summed E-state index contributed by atoms with van der Waals surface area (Å²) in [6, 6.07) is 0.890. The second kappa shape index (κ2) is 4.72. The standard InChI is InChI=1S/C12H11F2NO3/c13-7-1-4-10(14)9(5-7)11(12(17)18)15(6-16)8-2-3-8/h1,4-6,8,11H,2-3H2,(H,17,18). The van der Waals surface area contributed by atoms with Crippen LogP contribution < -0.4 is 0 Å². The Kier molecular flexibility index (Phi) is 3.27. The van der Waals surface area contributed by atoms with Crippen LogP contribution in [0.5, 0.6) is 0 Å². The van der Waals surface area contributed by atoms with Crippen LogP contribution in [0.4, 0.5) is 8.78 Å². The van der Waals surface area contributed by atoms with Gasteiger partial charge in [0.25, 0.3) is 0 Å². The Morgan fingerprint density at radius 3 is 2.61 bits per heavy atom. The van der Waals surface area contributed by atoms with Gasteiger partial charge in [0.2, 0.25) is 6.41 Å². The lowest BCUT2D eigenvalue weighted by atomic mass is 10.0. The van der Waals surface area contributed by atoms with Crippen LogP contribution in [0.25, 0.3) is 0 Å². The molecule has 1 unspecified atom stereocenters. The van der Waals surface area contributed by atoms with Gasteiger partial charge >= 0.3 is 5.97 Å². The summed E-state index contributed by atoms with van der Waals surface area (Å²) in [7, 11) is 0. The van der Waals surface area contributed by atoms with Gasteiger partial charge in [0.05, 0.1) is 0 Å². The van der Waals surface area contributed by atoms with Crippen molar-refractivity contribution in [2.45, 2.75) is 24.9 Å². The first-order valence-corrected chi connectivity index (χ1v) is 5.45. The van der Waals surface area contributed by atoms with E-state index in [4.69, 9.17) is 5.11 Å². The molecule has 1 aliphatic carbocycles. The van der Waals surface area contributed by atoms with Crippen LogP contribution >= 0.6 is 0 Å². The molecular weight excluding hydrogens is 244 g/mol. The number of carboxylic acid groups (broad SMARTS) is 1. The van der Waals surface area contributed by atoms with Gasteiger partial charge in [0.15, 0.2) is 6.04 Å². The third-order valence-electron chi connectivity index (χ3n) is 2.87. The molecular formula is C12H11F2NO3. The second-order valence-corrected chi connectivity index (χ2v) is 4.19. The number of rotatable bonds is 5. The van der Waals surface area contributed by atoms with Gasteiger partial charge in [-0.3, -0.25) is 4.79 Å². The van der Waals surface area contributed by atoms with Gasteiger partial charge in [0, 0.05) is 11.6 Å². The summed E-state index contributed by atoms with van der Waals surface area (Å²) in [6.45, 7) is 0. The van der Waals surface area contributed by atoms with E-state index in [1.165, 1.54) is 0 Å². The van der Waals surface area contributed by atoms with Crippen LogP contribution in [-0.2, 0) is 9.59 Å². The lowest BCUT2D eigenvalue weighted by Gasteiger charge is -2.25. The van der Waals surface area contributed by atoms with Crippen molar-refractivity contribution in [2.24, 2.45) is 0 Å². The molecule has 6 heteroatoms. The van der Waals surface area contributed by atoms with Crippen LogP contribution in [0, 0.1) is 11.6 Å². The number of hydrogen-bond acceptors (Lipinski definition) is 2. The number of nitrogens with zero attached hydrogens (tertiary/aromatic N) is 1. The van der Waals surface area contributed by atoms with E-state index in [1.807, 2.05) is 0 Å². The van der Waals surface area contributed by atoms with E-state index in [0.29, 0.717) is 19.3 Å². The number of carbonyl (C=O) groups is 2. The minimum absolute atomic E-state index is 0.203. The number of benzene rings is 1. The molecule has 1 atom stereocenters. The summed E-state index contributed by atoms with van der Waals surface area (Å²) >= 11 is 0. The zero-order valence-corrected chi connectivity index (χ0v) is 9.35. The minimum atomic E-state index is -1.48. The molecule has 4 nitrogen and oxygen atoms in total. The summed E-state index contributed by atoms with van der Waals surface area (Å²) in [4.78, 5) is 23.2. The molecule has 0 radical (unpaired) electrons. The van der Waals surface area contributed by atoms with Gasteiger partial charge in [-0.15, -0.1) is 0 Å². The SMILES string of the molecule is O=CN(C1CC1)C(C(=O)O)c1cc(F)ccc1F. The fourth-order valence-electron chi connectivity index (χ4n) is 1.88. The Labute approximate surface area is 102 Å². The third-order valence-corrected chi connectivity index (χ3v) is 2.87. The Morgan fingerprint density at radius 2 is 2.11 bits per heavy atom. The van der Waals surface area contributed by atoms with Crippen LogP contribution in [0.15, 0.2) is 18.2 Å². The molecule has 0 heterocycles. The minimum Gasteiger partial charge on any atom is -0.479 e. The topological polar surface area (TPSA) is 57.6 Å².